The third-order valence-electron chi connectivity index (χ3n) is 7.16. The van der Waals surface area contributed by atoms with E-state index < -0.39 is 0 Å². The Morgan fingerprint density at radius 3 is 1.24 bits per heavy atom. The fourth-order valence-corrected chi connectivity index (χ4v) is 5.07. The third-order valence-corrected chi connectivity index (χ3v) is 7.16. The standard InChI is InChI=1S/2C14H19N3O2/c2*18-15-11-14(16-19)17-8-6-13(7-9-17)10-12-4-2-1-3-5-12/h2*1-5,11,13,18-19H,6-10H2/b2*15-11+,16-14+. The highest BCUT2D eigenvalue weighted by atomic mass is 16.4. The molecule has 38 heavy (non-hydrogen) atoms. The molecule has 0 aliphatic carbocycles. The van der Waals surface area contributed by atoms with Gasteiger partial charge < -0.3 is 30.6 Å². The molecular formula is C28H38N6O4. The van der Waals surface area contributed by atoms with Crippen LogP contribution in [-0.4, -0.2) is 80.9 Å². The maximum absolute atomic E-state index is 8.85. The molecule has 2 heterocycles. The summed E-state index contributed by atoms with van der Waals surface area (Å²) in [6, 6.07) is 21.0. The molecule has 2 aliphatic rings. The van der Waals surface area contributed by atoms with Gasteiger partial charge in [0.25, 0.3) is 0 Å². The van der Waals surface area contributed by atoms with Crippen LogP contribution in [0.3, 0.4) is 0 Å². The van der Waals surface area contributed by atoms with Crippen LogP contribution in [0.5, 0.6) is 0 Å². The Kier molecular flexibility index (Phi) is 11.9. The number of piperidine rings is 2. The predicted octanol–water partition coefficient (Wildman–Crippen LogP) is 4.38. The molecular weight excluding hydrogens is 484 g/mol. The second-order valence-corrected chi connectivity index (χ2v) is 9.65. The van der Waals surface area contributed by atoms with Crippen molar-refractivity contribution >= 4 is 24.1 Å². The van der Waals surface area contributed by atoms with Crippen molar-refractivity contribution in [2.75, 3.05) is 26.2 Å². The number of hydrogen-bond acceptors (Lipinski definition) is 8. The van der Waals surface area contributed by atoms with E-state index in [2.05, 4.69) is 69.2 Å². The average Bonchev–Trinajstić information content (AvgIpc) is 2.97. The number of rotatable bonds is 6. The van der Waals surface area contributed by atoms with E-state index in [4.69, 9.17) is 20.8 Å². The first-order valence-electron chi connectivity index (χ1n) is 13.0. The van der Waals surface area contributed by atoms with Crippen molar-refractivity contribution in [3.8, 4) is 0 Å². The fraction of sp³-hybridized carbons (Fsp3) is 0.429. The number of hydrogen-bond donors (Lipinski definition) is 4. The second kappa shape index (κ2) is 15.9. The van der Waals surface area contributed by atoms with Crippen molar-refractivity contribution in [1.82, 2.24) is 9.80 Å². The van der Waals surface area contributed by atoms with Crippen LogP contribution in [-0.2, 0) is 12.8 Å². The van der Waals surface area contributed by atoms with E-state index in [1.54, 1.807) is 0 Å². The maximum Gasteiger partial charge on any atom is 0.189 e. The number of benzene rings is 2. The lowest BCUT2D eigenvalue weighted by Crippen LogP contribution is -2.39. The van der Waals surface area contributed by atoms with Gasteiger partial charge in [0.2, 0.25) is 0 Å². The lowest BCUT2D eigenvalue weighted by molar-refractivity contribution is 0.249. The summed E-state index contributed by atoms with van der Waals surface area (Å²) in [5.74, 6) is 1.95. The monoisotopic (exact) mass is 522 g/mol. The largest absolute Gasteiger partial charge is 0.411 e. The summed E-state index contributed by atoms with van der Waals surface area (Å²) in [6.07, 6.45) is 8.71. The topological polar surface area (TPSA) is 137 Å². The maximum atomic E-state index is 8.85. The van der Waals surface area contributed by atoms with Crippen molar-refractivity contribution < 1.29 is 20.8 Å². The van der Waals surface area contributed by atoms with E-state index in [1.807, 2.05) is 21.9 Å². The van der Waals surface area contributed by atoms with Crippen LogP contribution < -0.4 is 0 Å². The normalized spacial score (nSPS) is 18.1. The molecule has 0 unspecified atom stereocenters. The van der Waals surface area contributed by atoms with Gasteiger partial charge in [0.05, 0.1) is 0 Å². The summed E-state index contributed by atoms with van der Waals surface area (Å²) < 4.78 is 0. The van der Waals surface area contributed by atoms with Gasteiger partial charge >= 0.3 is 0 Å². The molecule has 0 bridgehead atoms. The lowest BCUT2D eigenvalue weighted by atomic mass is 9.90. The zero-order valence-electron chi connectivity index (χ0n) is 21.6. The Hall–Kier alpha value is -4.08. The van der Waals surface area contributed by atoms with Gasteiger partial charge in [-0.3, -0.25) is 0 Å². The molecule has 4 rings (SSSR count). The van der Waals surface area contributed by atoms with Gasteiger partial charge in [-0.05, 0) is 61.5 Å². The van der Waals surface area contributed by atoms with Crippen LogP contribution >= 0.6 is 0 Å². The number of nitrogens with zero attached hydrogens (tertiary/aromatic N) is 6. The van der Waals surface area contributed by atoms with E-state index in [1.165, 1.54) is 11.1 Å². The van der Waals surface area contributed by atoms with Gasteiger partial charge in [-0.1, -0.05) is 81.3 Å². The van der Waals surface area contributed by atoms with Crippen LogP contribution in [0.2, 0.25) is 0 Å². The van der Waals surface area contributed by atoms with Crippen LogP contribution in [0.15, 0.2) is 81.3 Å². The first kappa shape index (κ1) is 28.5. The molecule has 0 atom stereocenters. The Labute approximate surface area is 223 Å². The van der Waals surface area contributed by atoms with Crippen LogP contribution in [0.1, 0.15) is 36.8 Å². The molecule has 0 amide bonds. The Balaban J connectivity index is 0.000000211. The predicted molar refractivity (Wildman–Crippen MR) is 148 cm³/mol. The Bertz CT molecular complexity index is 960. The highest BCUT2D eigenvalue weighted by Gasteiger charge is 2.22. The summed E-state index contributed by atoms with van der Waals surface area (Å²) in [5, 5.41) is 46.8. The van der Waals surface area contributed by atoms with Gasteiger partial charge in [-0.15, -0.1) is 0 Å². The average molecular weight is 523 g/mol. The molecule has 0 aromatic heterocycles. The summed E-state index contributed by atoms with van der Waals surface area (Å²) >= 11 is 0. The minimum absolute atomic E-state index is 0.320. The molecule has 10 heteroatoms. The van der Waals surface area contributed by atoms with Crippen LogP contribution in [0, 0.1) is 11.8 Å². The van der Waals surface area contributed by atoms with Crippen molar-refractivity contribution in [3.63, 3.8) is 0 Å². The molecule has 2 saturated heterocycles. The number of amidine groups is 2. The Morgan fingerprint density at radius 2 is 0.947 bits per heavy atom. The third kappa shape index (κ3) is 9.10. The second-order valence-electron chi connectivity index (χ2n) is 9.65. The van der Waals surface area contributed by atoms with Crippen molar-refractivity contribution in [2.24, 2.45) is 32.5 Å². The molecule has 0 saturated carbocycles. The summed E-state index contributed by atoms with van der Waals surface area (Å²) in [5.41, 5.74) is 2.74. The van der Waals surface area contributed by atoms with Crippen molar-refractivity contribution in [2.45, 2.75) is 38.5 Å². The zero-order valence-corrected chi connectivity index (χ0v) is 21.6. The molecule has 204 valence electrons. The smallest absolute Gasteiger partial charge is 0.189 e. The minimum Gasteiger partial charge on any atom is -0.411 e. The van der Waals surface area contributed by atoms with Gasteiger partial charge in [0.1, 0.15) is 12.4 Å². The highest BCUT2D eigenvalue weighted by Crippen LogP contribution is 2.22. The summed E-state index contributed by atoms with van der Waals surface area (Å²) in [7, 11) is 0. The quantitative estimate of drug-likeness (QED) is 0.192. The van der Waals surface area contributed by atoms with Gasteiger partial charge in [-0.25, -0.2) is 0 Å². The first-order valence-corrected chi connectivity index (χ1v) is 13.0. The van der Waals surface area contributed by atoms with E-state index in [9.17, 15) is 0 Å². The number of likely N-dealkylation sites (tertiary alicyclic amines) is 2. The summed E-state index contributed by atoms with van der Waals surface area (Å²) in [4.78, 5) is 3.86. The van der Waals surface area contributed by atoms with E-state index in [0.29, 0.717) is 23.5 Å². The SMILES string of the molecule is O/N=C/C(=N\O)N1CCC(Cc2ccccc2)CC1.O/N=C/C(=N\O)N1CCC(Cc2ccccc2)CC1. The lowest BCUT2D eigenvalue weighted by Gasteiger charge is -2.32. The first-order chi connectivity index (χ1) is 18.7. The molecule has 10 nitrogen and oxygen atoms in total. The molecule has 2 aromatic rings. The van der Waals surface area contributed by atoms with Gasteiger partial charge in [0, 0.05) is 26.2 Å². The molecule has 4 N–H and O–H groups in total. The van der Waals surface area contributed by atoms with Crippen molar-refractivity contribution in [1.29, 1.82) is 0 Å². The fourth-order valence-electron chi connectivity index (χ4n) is 5.07. The van der Waals surface area contributed by atoms with E-state index in [-0.39, 0.29) is 0 Å². The summed E-state index contributed by atoms with van der Waals surface area (Å²) in [6.45, 7) is 3.29. The minimum atomic E-state index is 0.320. The Morgan fingerprint density at radius 1 is 0.605 bits per heavy atom. The molecule has 2 aromatic carbocycles. The highest BCUT2D eigenvalue weighted by molar-refractivity contribution is 6.29. The molecule has 0 radical (unpaired) electrons. The van der Waals surface area contributed by atoms with Crippen LogP contribution in [0.25, 0.3) is 0 Å². The van der Waals surface area contributed by atoms with E-state index in [0.717, 1.165) is 77.1 Å². The van der Waals surface area contributed by atoms with Gasteiger partial charge in [0.15, 0.2) is 11.7 Å². The zero-order chi connectivity index (χ0) is 27.0. The molecule has 2 aliphatic heterocycles. The van der Waals surface area contributed by atoms with Gasteiger partial charge in [-0.2, -0.15) is 0 Å². The number of oxime groups is 4. The molecule has 2 fully saturated rings. The van der Waals surface area contributed by atoms with Crippen molar-refractivity contribution in [3.05, 3.63) is 71.8 Å². The van der Waals surface area contributed by atoms with E-state index >= 15 is 0 Å². The molecule has 0 spiro atoms. The van der Waals surface area contributed by atoms with Crippen LogP contribution in [0.4, 0.5) is 0 Å².